The van der Waals surface area contributed by atoms with E-state index >= 15 is 0 Å². The largest absolute Gasteiger partial charge is 0.385 e. The number of guanidine groups is 1. The van der Waals surface area contributed by atoms with Crippen molar-refractivity contribution in [2.24, 2.45) is 4.99 Å². The van der Waals surface area contributed by atoms with Crippen LogP contribution in [0.25, 0.3) is 0 Å². The maximum absolute atomic E-state index is 12.5. The molecule has 1 saturated heterocycles. The molecule has 1 N–H and O–H groups in total. The van der Waals surface area contributed by atoms with Crippen molar-refractivity contribution in [3.8, 4) is 0 Å². The summed E-state index contributed by atoms with van der Waals surface area (Å²) in [7, 11) is 3.53. The van der Waals surface area contributed by atoms with Gasteiger partial charge in [-0.3, -0.25) is 9.78 Å². The molecule has 0 saturated carbocycles. The summed E-state index contributed by atoms with van der Waals surface area (Å²) in [5, 5.41) is 3.32. The van der Waals surface area contributed by atoms with Gasteiger partial charge in [-0.1, -0.05) is 6.07 Å². The number of pyridine rings is 1. The lowest BCUT2D eigenvalue weighted by Crippen LogP contribution is -2.47. The third kappa shape index (κ3) is 8.67. The molecule has 8 heteroatoms. The third-order valence-electron chi connectivity index (χ3n) is 5.14. The number of likely N-dealkylation sites (N-methyl/N-ethyl adjacent to an activating group) is 1. The van der Waals surface area contributed by atoms with E-state index in [2.05, 4.69) is 20.2 Å². The van der Waals surface area contributed by atoms with Crippen molar-refractivity contribution in [3.63, 3.8) is 0 Å². The van der Waals surface area contributed by atoms with E-state index < -0.39 is 0 Å². The van der Waals surface area contributed by atoms with Gasteiger partial charge in [-0.25, -0.2) is 4.99 Å². The van der Waals surface area contributed by atoms with Gasteiger partial charge in [0.05, 0.1) is 6.10 Å². The number of nitrogens with zero attached hydrogens (tertiary/aromatic N) is 4. The highest BCUT2D eigenvalue weighted by Crippen LogP contribution is 2.14. The molecule has 1 aliphatic heterocycles. The number of hydrogen-bond donors (Lipinski definition) is 1. The Morgan fingerprint density at radius 2 is 2.13 bits per heavy atom. The predicted molar refractivity (Wildman–Crippen MR) is 119 cm³/mol. The summed E-state index contributed by atoms with van der Waals surface area (Å²) in [6, 6.07) is 5.83. The Hall–Kier alpha value is -2.19. The van der Waals surface area contributed by atoms with Crippen molar-refractivity contribution < 1.29 is 14.3 Å². The number of nitrogens with one attached hydrogen (secondary N) is 1. The van der Waals surface area contributed by atoms with Gasteiger partial charge >= 0.3 is 0 Å². The van der Waals surface area contributed by atoms with Crippen LogP contribution < -0.4 is 5.32 Å². The Kier molecular flexibility index (Phi) is 11.2. The first kappa shape index (κ1) is 24.1. The molecule has 1 aromatic rings. The number of aromatic nitrogens is 1. The molecule has 0 spiro atoms. The zero-order chi connectivity index (χ0) is 21.6. The number of methoxy groups -OCH3 is 1. The van der Waals surface area contributed by atoms with Crippen molar-refractivity contribution in [1.82, 2.24) is 20.1 Å². The van der Waals surface area contributed by atoms with Crippen molar-refractivity contribution in [2.75, 3.05) is 60.1 Å². The molecule has 0 aliphatic carbocycles. The van der Waals surface area contributed by atoms with Gasteiger partial charge in [0.15, 0.2) is 5.96 Å². The first-order chi connectivity index (χ1) is 14.6. The quantitative estimate of drug-likeness (QED) is 0.333. The minimum Gasteiger partial charge on any atom is -0.385 e. The average Bonchev–Trinajstić information content (AvgIpc) is 2.79. The Labute approximate surface area is 180 Å². The van der Waals surface area contributed by atoms with E-state index in [4.69, 9.17) is 9.47 Å². The van der Waals surface area contributed by atoms with E-state index in [1.807, 2.05) is 32.2 Å². The van der Waals surface area contributed by atoms with Crippen LogP contribution in [0.3, 0.4) is 0 Å². The van der Waals surface area contributed by atoms with Crippen molar-refractivity contribution >= 4 is 11.9 Å². The normalized spacial score (nSPS) is 15.3. The molecule has 2 rings (SSSR count). The van der Waals surface area contributed by atoms with Crippen molar-refractivity contribution in [2.45, 2.75) is 38.7 Å². The molecule has 1 aliphatic rings. The molecule has 0 radical (unpaired) electrons. The summed E-state index contributed by atoms with van der Waals surface area (Å²) in [4.78, 5) is 25.3. The summed E-state index contributed by atoms with van der Waals surface area (Å²) in [5.41, 5.74) is 0.987. The SMILES string of the molecule is CCNC(=NCC(=O)N(C)CCc1ccccn1)N1CCC(OCCCOC)CC1. The number of aliphatic imine (C=N–C) groups is 1. The Bertz CT molecular complexity index is 633. The fourth-order valence-corrected chi connectivity index (χ4v) is 3.33. The minimum atomic E-state index is 0.0118. The third-order valence-corrected chi connectivity index (χ3v) is 5.14. The Morgan fingerprint density at radius 3 is 2.80 bits per heavy atom. The van der Waals surface area contributed by atoms with Crippen LogP contribution in [0, 0.1) is 0 Å². The predicted octanol–water partition coefficient (Wildman–Crippen LogP) is 1.57. The summed E-state index contributed by atoms with van der Waals surface area (Å²) < 4.78 is 11.0. The van der Waals surface area contributed by atoms with Crippen LogP contribution in [-0.2, 0) is 20.7 Å². The van der Waals surface area contributed by atoms with Crippen molar-refractivity contribution in [3.05, 3.63) is 30.1 Å². The molecular formula is C22H37N5O3. The fourth-order valence-electron chi connectivity index (χ4n) is 3.33. The van der Waals surface area contributed by atoms with E-state index in [-0.39, 0.29) is 12.5 Å². The number of carbonyl (C=O) groups excluding carboxylic acids is 1. The zero-order valence-electron chi connectivity index (χ0n) is 18.7. The van der Waals surface area contributed by atoms with E-state index in [1.165, 1.54) is 0 Å². The second kappa shape index (κ2) is 13.9. The fraction of sp³-hybridized carbons (Fsp3) is 0.682. The molecule has 0 unspecified atom stereocenters. The molecule has 0 atom stereocenters. The number of ether oxygens (including phenoxy) is 2. The zero-order valence-corrected chi connectivity index (χ0v) is 18.7. The summed E-state index contributed by atoms with van der Waals surface area (Å²) >= 11 is 0. The van der Waals surface area contributed by atoms with Gasteiger partial charge in [-0.05, 0) is 38.3 Å². The van der Waals surface area contributed by atoms with Gasteiger partial charge in [-0.15, -0.1) is 0 Å². The molecule has 168 valence electrons. The Morgan fingerprint density at radius 1 is 1.33 bits per heavy atom. The molecular weight excluding hydrogens is 382 g/mol. The van der Waals surface area contributed by atoms with Crippen molar-refractivity contribution in [1.29, 1.82) is 0 Å². The molecule has 0 bridgehead atoms. The standard InChI is InChI=1S/C22H37N5O3/c1-4-23-22(27-14-10-20(11-15-27)30-17-7-16-29-3)25-18-21(28)26(2)13-9-19-8-5-6-12-24-19/h5-6,8,12,20H,4,7,9-11,13-18H2,1-3H3,(H,23,25). The number of rotatable bonds is 11. The highest BCUT2D eigenvalue weighted by molar-refractivity contribution is 5.85. The molecule has 30 heavy (non-hydrogen) atoms. The number of carbonyl (C=O) groups is 1. The first-order valence-electron chi connectivity index (χ1n) is 10.9. The second-order valence-electron chi connectivity index (χ2n) is 7.46. The van der Waals surface area contributed by atoms with Crippen LogP contribution in [0.1, 0.15) is 31.9 Å². The van der Waals surface area contributed by atoms with Crippen LogP contribution in [0.2, 0.25) is 0 Å². The van der Waals surface area contributed by atoms with Gasteiger partial charge in [0.2, 0.25) is 5.91 Å². The van der Waals surface area contributed by atoms with E-state index in [1.54, 1.807) is 18.2 Å². The van der Waals surface area contributed by atoms with E-state index in [9.17, 15) is 4.79 Å². The molecule has 0 aromatic carbocycles. The van der Waals surface area contributed by atoms with Crippen LogP contribution >= 0.6 is 0 Å². The van der Waals surface area contributed by atoms with Gasteiger partial charge in [-0.2, -0.15) is 0 Å². The van der Waals surface area contributed by atoms with E-state index in [0.29, 0.717) is 12.6 Å². The van der Waals surface area contributed by atoms with E-state index in [0.717, 1.165) is 70.2 Å². The van der Waals surface area contributed by atoms with Crippen LogP contribution in [0.5, 0.6) is 0 Å². The van der Waals surface area contributed by atoms with Gasteiger partial charge in [0, 0.05) is 71.9 Å². The van der Waals surface area contributed by atoms with Crippen LogP contribution in [0.15, 0.2) is 29.4 Å². The maximum atomic E-state index is 12.5. The minimum absolute atomic E-state index is 0.0118. The van der Waals surface area contributed by atoms with Gasteiger partial charge in [0.25, 0.3) is 0 Å². The second-order valence-corrected chi connectivity index (χ2v) is 7.46. The molecule has 1 aromatic heterocycles. The van der Waals surface area contributed by atoms with Gasteiger partial charge in [0.1, 0.15) is 6.54 Å². The lowest BCUT2D eigenvalue weighted by Gasteiger charge is -2.34. The molecule has 1 fully saturated rings. The highest BCUT2D eigenvalue weighted by Gasteiger charge is 2.22. The lowest BCUT2D eigenvalue weighted by atomic mass is 10.1. The summed E-state index contributed by atoms with van der Waals surface area (Å²) in [6.45, 7) is 6.83. The molecule has 1 amide bonds. The number of amides is 1. The smallest absolute Gasteiger partial charge is 0.244 e. The van der Waals surface area contributed by atoms with Gasteiger partial charge < -0.3 is 24.6 Å². The monoisotopic (exact) mass is 419 g/mol. The average molecular weight is 420 g/mol. The summed E-state index contributed by atoms with van der Waals surface area (Å²) in [6.07, 6.45) is 5.67. The number of piperidine rings is 1. The first-order valence-corrected chi connectivity index (χ1v) is 10.9. The topological polar surface area (TPSA) is 79.3 Å². The molecule has 8 nitrogen and oxygen atoms in total. The lowest BCUT2D eigenvalue weighted by molar-refractivity contribution is -0.128. The Balaban J connectivity index is 1.77. The number of likely N-dealkylation sites (tertiary alicyclic amines) is 1. The maximum Gasteiger partial charge on any atom is 0.244 e. The summed E-state index contributed by atoms with van der Waals surface area (Å²) in [5.74, 6) is 0.819. The van der Waals surface area contributed by atoms with Crippen LogP contribution in [-0.4, -0.2) is 92.8 Å². The van der Waals surface area contributed by atoms with Crippen LogP contribution in [0.4, 0.5) is 0 Å². The number of hydrogen-bond acceptors (Lipinski definition) is 5. The molecule has 2 heterocycles. The highest BCUT2D eigenvalue weighted by atomic mass is 16.5.